The lowest BCUT2D eigenvalue weighted by Crippen LogP contribution is -2.52. The summed E-state index contributed by atoms with van der Waals surface area (Å²) in [5.74, 6) is 0.995. The van der Waals surface area contributed by atoms with E-state index in [-0.39, 0.29) is 11.4 Å². The highest BCUT2D eigenvalue weighted by molar-refractivity contribution is 5.78. The molecule has 0 bridgehead atoms. The fourth-order valence-electron chi connectivity index (χ4n) is 2.11. The Labute approximate surface area is 118 Å². The van der Waals surface area contributed by atoms with Crippen molar-refractivity contribution < 1.29 is 4.79 Å². The Morgan fingerprint density at radius 3 is 2.21 bits per heavy atom. The zero-order valence-corrected chi connectivity index (χ0v) is 13.3. The first-order valence-corrected chi connectivity index (χ1v) is 7.53. The van der Waals surface area contributed by atoms with Gasteiger partial charge in [0.15, 0.2) is 0 Å². The fraction of sp³-hybridized carbons (Fsp3) is 0.933. The van der Waals surface area contributed by atoms with Gasteiger partial charge in [-0.25, -0.2) is 0 Å². The Morgan fingerprint density at radius 1 is 1.16 bits per heavy atom. The largest absolute Gasteiger partial charge is 0.339 e. The Kier molecular flexibility index (Phi) is 6.27. The van der Waals surface area contributed by atoms with E-state index in [1.54, 1.807) is 0 Å². The van der Waals surface area contributed by atoms with E-state index in [4.69, 9.17) is 0 Å². The normalized spacial score (nSPS) is 18.1. The summed E-state index contributed by atoms with van der Waals surface area (Å²) in [5.41, 5.74) is 0.00868. The van der Waals surface area contributed by atoms with E-state index >= 15 is 0 Å². The summed E-state index contributed by atoms with van der Waals surface area (Å²) >= 11 is 0. The molecule has 1 N–H and O–H groups in total. The van der Waals surface area contributed by atoms with E-state index in [9.17, 15) is 4.79 Å². The van der Waals surface area contributed by atoms with E-state index < -0.39 is 0 Å². The second-order valence-electron chi connectivity index (χ2n) is 7.01. The lowest BCUT2D eigenvalue weighted by Gasteiger charge is -2.35. The molecular weight excluding hydrogens is 238 g/mol. The molecule has 0 aromatic carbocycles. The number of carbonyl (C=O) groups is 1. The number of hydrogen-bond donors (Lipinski definition) is 1. The molecule has 19 heavy (non-hydrogen) atoms. The highest BCUT2D eigenvalue weighted by Crippen LogP contribution is 2.07. The molecule has 0 saturated carbocycles. The molecule has 1 rings (SSSR count). The fourth-order valence-corrected chi connectivity index (χ4v) is 2.11. The molecule has 0 aliphatic carbocycles. The summed E-state index contributed by atoms with van der Waals surface area (Å²) in [6.45, 7) is 16.2. The molecule has 1 heterocycles. The van der Waals surface area contributed by atoms with Crippen LogP contribution in [0, 0.1) is 5.92 Å². The van der Waals surface area contributed by atoms with Gasteiger partial charge in [-0.05, 0) is 39.7 Å². The summed E-state index contributed by atoms with van der Waals surface area (Å²) in [4.78, 5) is 16.5. The van der Waals surface area contributed by atoms with Crippen molar-refractivity contribution in [2.45, 2.75) is 46.6 Å². The van der Waals surface area contributed by atoms with Crippen molar-refractivity contribution in [1.29, 1.82) is 0 Å². The molecule has 4 nitrogen and oxygen atoms in total. The Hall–Kier alpha value is -0.610. The van der Waals surface area contributed by atoms with Crippen molar-refractivity contribution in [2.24, 2.45) is 5.92 Å². The van der Waals surface area contributed by atoms with Gasteiger partial charge in [0.05, 0.1) is 6.54 Å². The van der Waals surface area contributed by atoms with Crippen molar-refractivity contribution in [2.75, 3.05) is 39.3 Å². The number of amides is 1. The minimum Gasteiger partial charge on any atom is -0.339 e. The van der Waals surface area contributed by atoms with Crippen LogP contribution in [0.1, 0.15) is 41.0 Å². The molecular formula is C15H31N3O. The van der Waals surface area contributed by atoms with E-state index in [2.05, 4.69) is 44.8 Å². The smallest absolute Gasteiger partial charge is 0.236 e. The van der Waals surface area contributed by atoms with Crippen LogP contribution in [0.15, 0.2) is 0 Å². The highest BCUT2D eigenvalue weighted by Gasteiger charge is 2.21. The van der Waals surface area contributed by atoms with Gasteiger partial charge < -0.3 is 10.2 Å². The van der Waals surface area contributed by atoms with Gasteiger partial charge in [0.25, 0.3) is 0 Å². The van der Waals surface area contributed by atoms with Crippen LogP contribution in [0.5, 0.6) is 0 Å². The maximum atomic E-state index is 12.1. The van der Waals surface area contributed by atoms with Crippen LogP contribution in [0.2, 0.25) is 0 Å². The highest BCUT2D eigenvalue weighted by atomic mass is 16.2. The predicted molar refractivity (Wildman–Crippen MR) is 80.2 cm³/mol. The summed E-state index contributed by atoms with van der Waals surface area (Å²) < 4.78 is 0. The van der Waals surface area contributed by atoms with Crippen LogP contribution in [0.4, 0.5) is 0 Å². The maximum Gasteiger partial charge on any atom is 0.236 e. The minimum atomic E-state index is 0.00868. The SMILES string of the molecule is CC(C)CCN1CCN(C(=O)CNC(C)(C)C)CC1. The lowest BCUT2D eigenvalue weighted by molar-refractivity contribution is -0.132. The van der Waals surface area contributed by atoms with Crippen molar-refractivity contribution in [3.63, 3.8) is 0 Å². The lowest BCUT2D eigenvalue weighted by atomic mass is 10.1. The van der Waals surface area contributed by atoms with Gasteiger partial charge in [-0.15, -0.1) is 0 Å². The first kappa shape index (κ1) is 16.4. The summed E-state index contributed by atoms with van der Waals surface area (Å²) in [6.07, 6.45) is 1.25. The van der Waals surface area contributed by atoms with Crippen LogP contribution in [0.3, 0.4) is 0 Å². The van der Waals surface area contributed by atoms with Gasteiger partial charge in [-0.2, -0.15) is 0 Å². The van der Waals surface area contributed by atoms with Crippen LogP contribution < -0.4 is 5.32 Å². The molecule has 1 amide bonds. The second-order valence-corrected chi connectivity index (χ2v) is 7.01. The zero-order valence-electron chi connectivity index (χ0n) is 13.3. The molecule has 1 aliphatic heterocycles. The van der Waals surface area contributed by atoms with E-state index in [0.29, 0.717) is 6.54 Å². The number of nitrogens with zero attached hydrogens (tertiary/aromatic N) is 2. The van der Waals surface area contributed by atoms with Crippen LogP contribution in [-0.2, 0) is 4.79 Å². The first-order chi connectivity index (χ1) is 8.78. The van der Waals surface area contributed by atoms with Gasteiger partial charge in [0, 0.05) is 31.7 Å². The van der Waals surface area contributed by atoms with Gasteiger partial charge in [0.1, 0.15) is 0 Å². The minimum absolute atomic E-state index is 0.00868. The molecule has 0 unspecified atom stereocenters. The number of piperazine rings is 1. The third-order valence-electron chi connectivity index (χ3n) is 3.52. The Bertz CT molecular complexity index is 276. The van der Waals surface area contributed by atoms with E-state index in [1.807, 2.05) is 4.90 Å². The van der Waals surface area contributed by atoms with Crippen molar-refractivity contribution in [3.8, 4) is 0 Å². The summed E-state index contributed by atoms with van der Waals surface area (Å²) in [6, 6.07) is 0. The maximum absolute atomic E-state index is 12.1. The quantitative estimate of drug-likeness (QED) is 0.823. The van der Waals surface area contributed by atoms with Gasteiger partial charge in [-0.1, -0.05) is 13.8 Å². The first-order valence-electron chi connectivity index (χ1n) is 7.53. The zero-order chi connectivity index (χ0) is 14.5. The molecule has 0 aromatic rings. The molecule has 0 atom stereocenters. The molecule has 1 saturated heterocycles. The second kappa shape index (κ2) is 7.25. The molecule has 112 valence electrons. The Morgan fingerprint density at radius 2 is 1.74 bits per heavy atom. The average molecular weight is 269 g/mol. The van der Waals surface area contributed by atoms with Crippen molar-refractivity contribution in [3.05, 3.63) is 0 Å². The van der Waals surface area contributed by atoms with Gasteiger partial charge in [0.2, 0.25) is 5.91 Å². The Balaban J connectivity index is 2.23. The number of hydrogen-bond acceptors (Lipinski definition) is 3. The van der Waals surface area contributed by atoms with E-state index in [0.717, 1.165) is 32.1 Å². The molecule has 0 radical (unpaired) electrons. The average Bonchev–Trinajstić information content (AvgIpc) is 2.33. The number of rotatable bonds is 5. The molecule has 4 heteroatoms. The van der Waals surface area contributed by atoms with Crippen LogP contribution in [-0.4, -0.2) is 60.5 Å². The third-order valence-corrected chi connectivity index (χ3v) is 3.52. The van der Waals surface area contributed by atoms with Gasteiger partial charge >= 0.3 is 0 Å². The number of nitrogens with one attached hydrogen (secondary N) is 1. The van der Waals surface area contributed by atoms with Crippen LogP contribution >= 0.6 is 0 Å². The van der Waals surface area contributed by atoms with E-state index in [1.165, 1.54) is 13.0 Å². The molecule has 1 fully saturated rings. The predicted octanol–water partition coefficient (Wildman–Crippen LogP) is 1.56. The summed E-state index contributed by atoms with van der Waals surface area (Å²) in [5, 5.41) is 3.27. The van der Waals surface area contributed by atoms with Crippen molar-refractivity contribution >= 4 is 5.91 Å². The summed E-state index contributed by atoms with van der Waals surface area (Å²) in [7, 11) is 0. The third kappa shape index (κ3) is 6.92. The topological polar surface area (TPSA) is 35.6 Å². The molecule has 0 spiro atoms. The van der Waals surface area contributed by atoms with Crippen LogP contribution in [0.25, 0.3) is 0 Å². The standard InChI is InChI=1S/C15H31N3O/c1-13(2)6-7-17-8-10-18(11-9-17)14(19)12-16-15(3,4)5/h13,16H,6-12H2,1-5H3. The van der Waals surface area contributed by atoms with Crippen molar-refractivity contribution in [1.82, 2.24) is 15.1 Å². The molecule has 0 aromatic heterocycles. The monoisotopic (exact) mass is 269 g/mol. The molecule has 1 aliphatic rings. The van der Waals surface area contributed by atoms with Gasteiger partial charge in [-0.3, -0.25) is 9.69 Å². The number of carbonyl (C=O) groups excluding carboxylic acids is 1.